The summed E-state index contributed by atoms with van der Waals surface area (Å²) in [5, 5.41) is 1.45. The van der Waals surface area contributed by atoms with Crippen LogP contribution in [0, 0.1) is 5.41 Å². The van der Waals surface area contributed by atoms with Gasteiger partial charge < -0.3 is 10.4 Å². The maximum Gasteiger partial charge on any atom is 0.0986 e. The van der Waals surface area contributed by atoms with Crippen molar-refractivity contribution in [2.75, 3.05) is 7.05 Å². The highest BCUT2D eigenvalue weighted by Crippen LogP contribution is 2.31. The molecule has 0 spiro atoms. The van der Waals surface area contributed by atoms with Crippen LogP contribution in [0.5, 0.6) is 0 Å². The number of rotatable bonds is 2. The Morgan fingerprint density at radius 2 is 1.93 bits per heavy atom. The summed E-state index contributed by atoms with van der Waals surface area (Å²) < 4.78 is 0. The summed E-state index contributed by atoms with van der Waals surface area (Å²) in [5.74, 6) is 0. The quantitative estimate of drug-likeness (QED) is 0.684. The van der Waals surface area contributed by atoms with Crippen molar-refractivity contribution in [1.29, 1.82) is 0 Å². The first-order valence-electron chi connectivity index (χ1n) is 5.56. The van der Waals surface area contributed by atoms with Gasteiger partial charge in [-0.2, -0.15) is 0 Å². The van der Waals surface area contributed by atoms with E-state index in [1.807, 2.05) is 0 Å². The third-order valence-electron chi connectivity index (χ3n) is 3.02. The summed E-state index contributed by atoms with van der Waals surface area (Å²) in [6.07, 6.45) is 2.29. The Hall–Kier alpha value is 0.210. The molecule has 0 aromatic heterocycles. The normalized spacial score (nSPS) is 39.0. The molecule has 1 saturated heterocycles. The van der Waals surface area contributed by atoms with Crippen molar-refractivity contribution in [2.45, 2.75) is 58.0 Å². The van der Waals surface area contributed by atoms with E-state index in [2.05, 4.69) is 34.7 Å². The Labute approximate surface area is 93.0 Å². The molecule has 0 aromatic rings. The number of nitrogens with zero attached hydrogens (tertiary/aromatic N) is 1. The Bertz CT molecular complexity index is 188. The molecule has 0 radical (unpaired) electrons. The molecular weight excluding hydrogens is 196 g/mol. The van der Waals surface area contributed by atoms with Gasteiger partial charge in [-0.15, -0.1) is 11.6 Å². The van der Waals surface area contributed by atoms with Gasteiger partial charge in [-0.25, -0.2) is 0 Å². The Balaban J connectivity index is 2.70. The number of nitrogens with one attached hydrogen (secondary N) is 1. The molecule has 0 aliphatic carbocycles. The van der Waals surface area contributed by atoms with Crippen LogP contribution in [-0.2, 0) is 0 Å². The van der Waals surface area contributed by atoms with Crippen LogP contribution in [0.4, 0.5) is 0 Å². The maximum absolute atomic E-state index is 6.49. The van der Waals surface area contributed by atoms with E-state index in [0.29, 0.717) is 12.1 Å². The fraction of sp³-hybridized carbons (Fsp3) is 1.00. The Morgan fingerprint density at radius 1 is 1.36 bits per heavy atom. The molecule has 1 heterocycles. The molecule has 4 atom stereocenters. The second-order valence-electron chi connectivity index (χ2n) is 5.41. The van der Waals surface area contributed by atoms with Crippen molar-refractivity contribution < 1.29 is 5.01 Å². The number of hydrogen-bond donors (Lipinski definition) is 1. The van der Waals surface area contributed by atoms with E-state index in [-0.39, 0.29) is 10.8 Å². The molecule has 1 N–H and O–H groups in total. The highest BCUT2D eigenvalue weighted by molar-refractivity contribution is 6.21. The first-order chi connectivity index (χ1) is 6.38. The van der Waals surface area contributed by atoms with Gasteiger partial charge in [0.2, 0.25) is 0 Å². The van der Waals surface area contributed by atoms with E-state index >= 15 is 0 Å². The first-order valence-corrected chi connectivity index (χ1v) is 6.00. The van der Waals surface area contributed by atoms with Crippen LogP contribution in [0.1, 0.15) is 40.5 Å². The lowest BCUT2D eigenvalue weighted by atomic mass is 9.83. The summed E-state index contributed by atoms with van der Waals surface area (Å²) in [4.78, 5) is 0. The largest absolute Gasteiger partial charge is 0.450 e. The van der Waals surface area contributed by atoms with Crippen molar-refractivity contribution in [3.05, 3.63) is 5.43 Å². The minimum Gasteiger partial charge on any atom is -0.450 e. The predicted molar refractivity (Wildman–Crippen MR) is 61.8 cm³/mol. The summed E-state index contributed by atoms with van der Waals surface area (Å²) in [6, 6.07) is 0.798. The number of quaternary nitrogens is 1. The van der Waals surface area contributed by atoms with E-state index in [1.165, 1.54) is 11.4 Å². The molecule has 84 valence electrons. The molecule has 3 heteroatoms. The average molecular weight is 219 g/mol. The maximum atomic E-state index is 6.49. The lowest BCUT2D eigenvalue weighted by Gasteiger charge is -2.35. The summed E-state index contributed by atoms with van der Waals surface area (Å²) in [5.41, 5.74) is 4.93. The monoisotopic (exact) mass is 218 g/mol. The Kier molecular flexibility index (Phi) is 3.84. The minimum absolute atomic E-state index is 0.204. The zero-order valence-electron chi connectivity index (χ0n) is 9.97. The lowest BCUT2D eigenvalue weighted by Crippen LogP contribution is -3.09. The second-order valence-corrected chi connectivity index (χ2v) is 5.92. The summed E-state index contributed by atoms with van der Waals surface area (Å²) >= 11 is 6.49. The van der Waals surface area contributed by atoms with Gasteiger partial charge in [0, 0.05) is 5.41 Å². The molecule has 2 nitrogen and oxygen atoms in total. The van der Waals surface area contributed by atoms with Gasteiger partial charge in [0.1, 0.15) is 0 Å². The van der Waals surface area contributed by atoms with E-state index in [9.17, 15) is 0 Å². The van der Waals surface area contributed by atoms with Crippen LogP contribution in [-0.4, -0.2) is 24.5 Å². The van der Waals surface area contributed by atoms with Gasteiger partial charge in [0.15, 0.2) is 0 Å². The molecule has 14 heavy (non-hydrogen) atoms. The van der Waals surface area contributed by atoms with Crippen molar-refractivity contribution >= 4 is 11.6 Å². The van der Waals surface area contributed by atoms with Gasteiger partial charge >= 0.3 is 0 Å². The molecule has 0 saturated carbocycles. The molecule has 4 unspecified atom stereocenters. The van der Waals surface area contributed by atoms with Crippen molar-refractivity contribution in [3.8, 4) is 0 Å². The highest BCUT2D eigenvalue weighted by Gasteiger charge is 2.41. The zero-order valence-corrected chi connectivity index (χ0v) is 10.7. The summed E-state index contributed by atoms with van der Waals surface area (Å²) in [7, 11) is 2.13. The first kappa shape index (κ1) is 12.3. The zero-order chi connectivity index (χ0) is 10.9. The van der Waals surface area contributed by atoms with E-state index < -0.39 is 0 Å². The summed E-state index contributed by atoms with van der Waals surface area (Å²) in [6.45, 7) is 8.94. The third kappa shape index (κ3) is 2.41. The molecule has 1 aliphatic rings. The molecule has 1 fully saturated rings. The smallest absolute Gasteiger partial charge is 0.0986 e. The average Bonchev–Trinajstić information content (AvgIpc) is 2.26. The molecule has 0 bridgehead atoms. The van der Waals surface area contributed by atoms with E-state index in [0.717, 1.165) is 6.42 Å². The SMILES string of the molecule is CCCC1[N-][NH+](C)C(C(C)(C)C)C1Cl. The van der Waals surface area contributed by atoms with Gasteiger partial charge in [-0.3, -0.25) is 0 Å². The molecule has 0 aromatic carbocycles. The van der Waals surface area contributed by atoms with Gasteiger partial charge in [0.05, 0.1) is 18.5 Å². The number of halogens is 1. The van der Waals surface area contributed by atoms with Crippen LogP contribution >= 0.6 is 11.6 Å². The molecule has 0 amide bonds. The highest BCUT2D eigenvalue weighted by atomic mass is 35.5. The predicted octanol–water partition coefficient (Wildman–Crippen LogP) is 1.99. The van der Waals surface area contributed by atoms with Crippen molar-refractivity contribution in [1.82, 2.24) is 0 Å². The number of alkyl halides is 1. The molecule has 1 aliphatic heterocycles. The third-order valence-corrected chi connectivity index (χ3v) is 3.57. The van der Waals surface area contributed by atoms with Crippen LogP contribution in [0.3, 0.4) is 0 Å². The van der Waals surface area contributed by atoms with E-state index in [4.69, 9.17) is 17.0 Å². The van der Waals surface area contributed by atoms with E-state index in [1.54, 1.807) is 0 Å². The topological polar surface area (TPSA) is 18.5 Å². The fourth-order valence-corrected chi connectivity index (χ4v) is 3.23. The lowest BCUT2D eigenvalue weighted by molar-refractivity contribution is -0.865. The number of hydrogen-bond acceptors (Lipinski definition) is 0. The van der Waals surface area contributed by atoms with Gasteiger partial charge in [-0.1, -0.05) is 46.6 Å². The standard InChI is InChI=1S/C11H23ClN2/c1-6-7-8-9(12)10(11(2,3)4)14(5)13-8/h8-10,14H,6-7H2,1-5H3. The van der Waals surface area contributed by atoms with Crippen LogP contribution < -0.4 is 5.01 Å². The van der Waals surface area contributed by atoms with Crippen molar-refractivity contribution in [3.63, 3.8) is 0 Å². The second kappa shape index (κ2) is 4.38. The van der Waals surface area contributed by atoms with Crippen LogP contribution in [0.25, 0.3) is 5.43 Å². The van der Waals surface area contributed by atoms with Gasteiger partial charge in [-0.05, 0) is 0 Å². The molecular formula is C11H23ClN2. The minimum atomic E-state index is 0.204. The van der Waals surface area contributed by atoms with Crippen LogP contribution in [0.15, 0.2) is 0 Å². The Morgan fingerprint density at radius 3 is 2.29 bits per heavy atom. The fourth-order valence-electron chi connectivity index (χ4n) is 2.49. The van der Waals surface area contributed by atoms with Gasteiger partial charge in [0.25, 0.3) is 0 Å². The molecule has 1 rings (SSSR count). The van der Waals surface area contributed by atoms with Crippen LogP contribution in [0.2, 0.25) is 0 Å². The van der Waals surface area contributed by atoms with Crippen molar-refractivity contribution in [2.24, 2.45) is 5.41 Å².